The molecular formula is C45H38N2. The van der Waals surface area contributed by atoms with E-state index in [1.807, 2.05) is 6.08 Å². The lowest BCUT2D eigenvalue weighted by molar-refractivity contribution is 0.805. The van der Waals surface area contributed by atoms with Crippen molar-refractivity contribution in [2.45, 2.75) is 38.5 Å². The second-order valence-electron chi connectivity index (χ2n) is 12.6. The molecule has 0 N–H and O–H groups in total. The summed E-state index contributed by atoms with van der Waals surface area (Å²) >= 11 is 0. The van der Waals surface area contributed by atoms with Crippen LogP contribution in [-0.2, 0) is 12.8 Å². The predicted octanol–water partition coefficient (Wildman–Crippen LogP) is 11.9. The van der Waals surface area contributed by atoms with Crippen molar-refractivity contribution in [2.24, 2.45) is 4.99 Å². The van der Waals surface area contributed by atoms with Crippen LogP contribution in [0.3, 0.4) is 0 Å². The Morgan fingerprint density at radius 1 is 0.872 bits per heavy atom. The van der Waals surface area contributed by atoms with E-state index in [1.54, 1.807) is 0 Å². The van der Waals surface area contributed by atoms with E-state index in [0.29, 0.717) is 0 Å². The summed E-state index contributed by atoms with van der Waals surface area (Å²) in [7, 11) is 0. The van der Waals surface area contributed by atoms with Gasteiger partial charge in [-0.25, -0.2) is 0 Å². The molecule has 2 heterocycles. The molecule has 0 radical (unpaired) electrons. The third-order valence-electron chi connectivity index (χ3n) is 9.95. The minimum absolute atomic E-state index is 0.244. The number of nitrogens with zero attached hydrogens (tertiary/aromatic N) is 2. The summed E-state index contributed by atoms with van der Waals surface area (Å²) in [6.45, 7) is 10.5. The van der Waals surface area contributed by atoms with Gasteiger partial charge in [-0.3, -0.25) is 4.99 Å². The van der Waals surface area contributed by atoms with Crippen LogP contribution in [0.4, 0.5) is 5.69 Å². The van der Waals surface area contributed by atoms with E-state index in [0.717, 1.165) is 42.6 Å². The number of hydrogen-bond donors (Lipinski definition) is 0. The average molecular weight is 607 g/mol. The highest BCUT2D eigenvalue weighted by atomic mass is 15.0. The first-order valence-electron chi connectivity index (χ1n) is 16.7. The minimum Gasteiger partial charge on any atom is -0.309 e. The van der Waals surface area contributed by atoms with E-state index in [-0.39, 0.29) is 5.92 Å². The monoisotopic (exact) mass is 606 g/mol. The van der Waals surface area contributed by atoms with Gasteiger partial charge in [0.05, 0.1) is 16.7 Å². The van der Waals surface area contributed by atoms with Crippen molar-refractivity contribution in [3.05, 3.63) is 174 Å². The number of rotatable bonds is 7. The molecule has 5 aromatic carbocycles. The first-order chi connectivity index (χ1) is 23.2. The van der Waals surface area contributed by atoms with E-state index in [4.69, 9.17) is 4.99 Å². The Hall–Kier alpha value is -5.47. The van der Waals surface area contributed by atoms with E-state index in [1.165, 1.54) is 66.3 Å². The molecule has 1 aliphatic heterocycles. The number of para-hydroxylation sites is 1. The van der Waals surface area contributed by atoms with E-state index < -0.39 is 0 Å². The fourth-order valence-electron chi connectivity index (χ4n) is 7.66. The van der Waals surface area contributed by atoms with Gasteiger partial charge in [0.15, 0.2) is 0 Å². The highest BCUT2D eigenvalue weighted by Gasteiger charge is 2.26. The summed E-state index contributed by atoms with van der Waals surface area (Å²) < 4.78 is 2.39. The molecule has 0 spiro atoms. The van der Waals surface area contributed by atoms with Crippen LogP contribution in [0.15, 0.2) is 151 Å². The molecule has 2 nitrogen and oxygen atoms in total. The number of benzene rings is 5. The maximum absolute atomic E-state index is 4.97. The maximum atomic E-state index is 4.97. The van der Waals surface area contributed by atoms with Gasteiger partial charge < -0.3 is 4.57 Å². The van der Waals surface area contributed by atoms with Gasteiger partial charge in [-0.05, 0) is 119 Å². The number of allylic oxidation sites excluding steroid dienone is 5. The second kappa shape index (κ2) is 12.0. The van der Waals surface area contributed by atoms with Crippen molar-refractivity contribution in [1.29, 1.82) is 0 Å². The van der Waals surface area contributed by atoms with Gasteiger partial charge in [-0.15, -0.1) is 0 Å². The molecule has 0 bridgehead atoms. The summed E-state index contributed by atoms with van der Waals surface area (Å²) in [6, 6.07) is 38.0. The van der Waals surface area contributed by atoms with Crippen molar-refractivity contribution in [2.75, 3.05) is 0 Å². The molecule has 0 saturated heterocycles. The van der Waals surface area contributed by atoms with Crippen molar-refractivity contribution in [3.8, 4) is 16.8 Å². The lowest BCUT2D eigenvalue weighted by Gasteiger charge is -2.29. The van der Waals surface area contributed by atoms with Gasteiger partial charge in [0.1, 0.15) is 0 Å². The molecule has 0 amide bonds. The predicted molar refractivity (Wildman–Crippen MR) is 201 cm³/mol. The number of hydrogen-bond acceptors (Lipinski definition) is 1. The Morgan fingerprint density at radius 2 is 1.68 bits per heavy atom. The zero-order chi connectivity index (χ0) is 31.9. The van der Waals surface area contributed by atoms with Crippen molar-refractivity contribution >= 4 is 39.3 Å². The summed E-state index contributed by atoms with van der Waals surface area (Å²) in [5.74, 6) is 0.244. The number of aryl methyl sites for hydroxylation is 1. The maximum Gasteiger partial charge on any atom is 0.0758 e. The van der Waals surface area contributed by atoms with Crippen LogP contribution in [0.5, 0.6) is 0 Å². The molecule has 1 atom stereocenters. The van der Waals surface area contributed by atoms with Crippen LogP contribution in [-0.4, -0.2) is 10.8 Å². The van der Waals surface area contributed by atoms with Gasteiger partial charge in [0.2, 0.25) is 0 Å². The van der Waals surface area contributed by atoms with Crippen molar-refractivity contribution in [1.82, 2.24) is 4.57 Å². The highest BCUT2D eigenvalue weighted by Crippen LogP contribution is 2.45. The summed E-state index contributed by atoms with van der Waals surface area (Å²) in [5, 5.41) is 2.48. The third-order valence-corrected chi connectivity index (χ3v) is 9.95. The van der Waals surface area contributed by atoms with E-state index in [9.17, 15) is 0 Å². The van der Waals surface area contributed by atoms with E-state index >= 15 is 0 Å². The Morgan fingerprint density at radius 3 is 2.53 bits per heavy atom. The molecule has 2 aliphatic rings. The number of aromatic nitrogens is 1. The molecular weight excluding hydrogens is 569 g/mol. The molecule has 8 rings (SSSR count). The van der Waals surface area contributed by atoms with Crippen LogP contribution in [0.25, 0.3) is 44.2 Å². The summed E-state index contributed by atoms with van der Waals surface area (Å²) in [6.07, 6.45) is 14.6. The highest BCUT2D eigenvalue weighted by molar-refractivity contribution is 6.16. The van der Waals surface area contributed by atoms with Gasteiger partial charge >= 0.3 is 0 Å². The zero-order valence-corrected chi connectivity index (χ0v) is 26.9. The largest absolute Gasteiger partial charge is 0.309 e. The SMILES string of the molecule is C=CC(=C)C1CC=C(c2cccc(-c3ccc4c(c3)c3c5c(ccc3n4-c3ccccc3)CCC=N5)c2)c2cccc(C/C=C\C)c21. The zero-order valence-electron chi connectivity index (χ0n) is 26.9. The summed E-state index contributed by atoms with van der Waals surface area (Å²) in [4.78, 5) is 4.97. The first kappa shape index (κ1) is 29.0. The topological polar surface area (TPSA) is 17.3 Å². The Labute approximate surface area is 277 Å². The van der Waals surface area contributed by atoms with Crippen LogP contribution in [0.1, 0.15) is 53.5 Å². The lowest BCUT2D eigenvalue weighted by Crippen LogP contribution is -2.12. The minimum atomic E-state index is 0.244. The van der Waals surface area contributed by atoms with Gasteiger partial charge in [0.25, 0.3) is 0 Å². The molecule has 228 valence electrons. The van der Waals surface area contributed by atoms with Crippen LogP contribution < -0.4 is 0 Å². The fourth-order valence-corrected chi connectivity index (χ4v) is 7.66. The smallest absolute Gasteiger partial charge is 0.0758 e. The van der Waals surface area contributed by atoms with Crippen LogP contribution in [0, 0.1) is 0 Å². The van der Waals surface area contributed by atoms with E-state index in [2.05, 4.69) is 152 Å². The van der Waals surface area contributed by atoms with Crippen molar-refractivity contribution in [3.63, 3.8) is 0 Å². The average Bonchev–Trinajstić information content (AvgIpc) is 3.47. The molecule has 1 aliphatic carbocycles. The molecule has 6 aromatic rings. The van der Waals surface area contributed by atoms with Gasteiger partial charge in [-0.2, -0.15) is 0 Å². The van der Waals surface area contributed by atoms with Gasteiger partial charge in [-0.1, -0.05) is 104 Å². The quantitative estimate of drug-likeness (QED) is 0.127. The molecule has 47 heavy (non-hydrogen) atoms. The Balaban J connectivity index is 1.28. The Bertz CT molecular complexity index is 2290. The molecule has 0 saturated carbocycles. The summed E-state index contributed by atoms with van der Waals surface area (Å²) in [5.41, 5.74) is 16.1. The van der Waals surface area contributed by atoms with Crippen LogP contribution in [0.2, 0.25) is 0 Å². The standard InChI is InChI=1S/C45H38N2/c1-4-6-13-31-14-11-20-39-38(24-23-37(43(31)39)30(3)5-2)35-16-10-15-33(28-35)34-22-25-41-40(29-34)44-42(47(41)36-18-8-7-9-19-36)26-21-32-17-12-27-46-45(32)44/h4-11,14-16,18-22,24-29,37H,2-3,12-13,17,23H2,1H3/b6-4-. The molecule has 2 heteroatoms. The molecule has 0 fully saturated rings. The fraction of sp³-hybridized carbons (Fsp3) is 0.133. The third kappa shape index (κ3) is 4.93. The molecule has 1 unspecified atom stereocenters. The number of aliphatic imine (C=N–C) groups is 1. The van der Waals surface area contributed by atoms with Crippen LogP contribution >= 0.6 is 0 Å². The van der Waals surface area contributed by atoms with Gasteiger partial charge in [0, 0.05) is 28.6 Å². The lowest BCUT2D eigenvalue weighted by atomic mass is 9.75. The normalized spacial score (nSPS) is 15.5. The molecule has 1 aromatic heterocycles. The first-order valence-corrected chi connectivity index (χ1v) is 16.7. The number of fused-ring (bicyclic) bond motifs is 6. The van der Waals surface area contributed by atoms with Crippen molar-refractivity contribution < 1.29 is 0 Å². The Kier molecular flexibility index (Phi) is 7.42. The second-order valence-corrected chi connectivity index (χ2v) is 12.6.